The molecular formula is C16H18ClN5O2. The fourth-order valence-electron chi connectivity index (χ4n) is 3.47. The minimum absolute atomic E-state index is 0.0192. The lowest BCUT2D eigenvalue weighted by atomic mass is 9.91. The van der Waals surface area contributed by atoms with Gasteiger partial charge < -0.3 is 9.64 Å². The number of nitrogens with zero attached hydrogens (tertiary/aromatic N) is 4. The van der Waals surface area contributed by atoms with E-state index in [4.69, 9.17) is 16.3 Å². The molecule has 0 bridgehead atoms. The minimum Gasteiger partial charge on any atom is -0.365 e. The summed E-state index contributed by atoms with van der Waals surface area (Å²) in [5.41, 5.74) is 0.375. The average Bonchev–Trinajstić information content (AvgIpc) is 3.19. The van der Waals surface area contributed by atoms with Crippen molar-refractivity contribution in [1.29, 1.82) is 0 Å². The van der Waals surface area contributed by atoms with Crippen LogP contribution in [-0.2, 0) is 4.74 Å². The van der Waals surface area contributed by atoms with Gasteiger partial charge in [0, 0.05) is 13.1 Å². The molecule has 2 saturated heterocycles. The van der Waals surface area contributed by atoms with Gasteiger partial charge in [0.1, 0.15) is 22.8 Å². The Morgan fingerprint density at radius 3 is 3.04 bits per heavy atom. The van der Waals surface area contributed by atoms with E-state index < -0.39 is 0 Å². The number of aryl methyl sites for hydroxylation is 1. The summed E-state index contributed by atoms with van der Waals surface area (Å²) in [4.78, 5) is 22.9. The smallest absolute Gasteiger partial charge is 0.272 e. The van der Waals surface area contributed by atoms with Crippen LogP contribution in [0.2, 0.25) is 5.15 Å². The van der Waals surface area contributed by atoms with E-state index in [0.29, 0.717) is 35.7 Å². The molecule has 2 aliphatic heterocycles. The number of hydrogen-bond acceptors (Lipinski definition) is 5. The first-order chi connectivity index (χ1) is 11.6. The Bertz CT molecular complexity index is 764. The third-order valence-electron chi connectivity index (χ3n) is 4.68. The third kappa shape index (κ3) is 2.89. The van der Waals surface area contributed by atoms with E-state index in [0.717, 1.165) is 18.7 Å². The number of carbonyl (C=O) groups excluding carboxylic acids is 1. The third-order valence-corrected chi connectivity index (χ3v) is 4.89. The van der Waals surface area contributed by atoms with Crippen molar-refractivity contribution in [3.63, 3.8) is 0 Å². The molecule has 2 aromatic heterocycles. The van der Waals surface area contributed by atoms with E-state index >= 15 is 0 Å². The fraction of sp³-hybridized carbons (Fsp3) is 0.500. The number of amides is 1. The van der Waals surface area contributed by atoms with Gasteiger partial charge in [-0.15, -0.1) is 0 Å². The molecule has 0 aromatic carbocycles. The molecule has 4 heterocycles. The zero-order valence-electron chi connectivity index (χ0n) is 13.3. The summed E-state index contributed by atoms with van der Waals surface area (Å²) in [5, 5.41) is 7.38. The van der Waals surface area contributed by atoms with Crippen LogP contribution < -0.4 is 0 Å². The highest BCUT2D eigenvalue weighted by Crippen LogP contribution is 2.40. The van der Waals surface area contributed by atoms with Crippen molar-refractivity contribution < 1.29 is 9.53 Å². The highest BCUT2D eigenvalue weighted by molar-refractivity contribution is 6.29. The Hall–Kier alpha value is -1.99. The second-order valence-electron chi connectivity index (χ2n) is 6.32. The first-order valence-corrected chi connectivity index (χ1v) is 8.44. The van der Waals surface area contributed by atoms with E-state index in [1.54, 1.807) is 23.1 Å². The second-order valence-corrected chi connectivity index (χ2v) is 6.71. The monoisotopic (exact) mass is 347 g/mol. The summed E-state index contributed by atoms with van der Waals surface area (Å²) in [6.45, 7) is 3.14. The number of nitrogens with one attached hydrogen (secondary N) is 1. The summed E-state index contributed by atoms with van der Waals surface area (Å²) < 4.78 is 6.12. The number of hydrogen-bond donors (Lipinski definition) is 1. The highest BCUT2D eigenvalue weighted by Gasteiger charge is 2.42. The maximum Gasteiger partial charge on any atom is 0.272 e. The van der Waals surface area contributed by atoms with Crippen LogP contribution in [0.3, 0.4) is 0 Å². The molecular weight excluding hydrogens is 330 g/mol. The van der Waals surface area contributed by atoms with Crippen LogP contribution in [0.5, 0.6) is 0 Å². The molecule has 2 fully saturated rings. The molecule has 24 heavy (non-hydrogen) atoms. The number of aromatic amines is 1. The predicted molar refractivity (Wildman–Crippen MR) is 86.6 cm³/mol. The van der Waals surface area contributed by atoms with Crippen molar-refractivity contribution >= 4 is 17.5 Å². The number of H-pyrrole nitrogens is 1. The molecule has 8 heteroatoms. The lowest BCUT2D eigenvalue weighted by molar-refractivity contribution is -0.00698. The molecule has 0 spiro atoms. The van der Waals surface area contributed by atoms with E-state index in [2.05, 4.69) is 20.2 Å². The number of halogens is 1. The summed E-state index contributed by atoms with van der Waals surface area (Å²) in [7, 11) is 0. The van der Waals surface area contributed by atoms with Gasteiger partial charge in [-0.2, -0.15) is 5.10 Å². The van der Waals surface area contributed by atoms with Crippen LogP contribution in [0.15, 0.2) is 18.2 Å². The van der Waals surface area contributed by atoms with E-state index in [-0.39, 0.29) is 18.1 Å². The SMILES string of the molecule is Cc1nc([C@H]2CC3CCN(C(=O)c4cccc(Cl)n4)C[C@H]3O2)n[nH]1. The molecule has 1 unspecified atom stereocenters. The standard InChI is InChI=1S/C16H18ClN5O2/c1-9-18-15(21-20-9)12-7-10-5-6-22(8-13(10)24-12)16(23)11-3-2-4-14(17)19-11/h2-4,10,12-13H,5-8H2,1H3,(H,18,20,21)/t10?,12-,13-/m1/s1. The van der Waals surface area contributed by atoms with E-state index in [1.807, 2.05) is 6.92 Å². The van der Waals surface area contributed by atoms with Crippen LogP contribution >= 0.6 is 11.6 Å². The Kier molecular flexibility index (Phi) is 3.97. The Labute approximate surface area is 144 Å². The van der Waals surface area contributed by atoms with Crippen LogP contribution in [0.4, 0.5) is 0 Å². The van der Waals surface area contributed by atoms with Gasteiger partial charge in [-0.3, -0.25) is 9.89 Å². The molecule has 0 aliphatic carbocycles. The van der Waals surface area contributed by atoms with Crippen LogP contribution in [0.25, 0.3) is 0 Å². The largest absolute Gasteiger partial charge is 0.365 e. The molecule has 3 atom stereocenters. The fourth-order valence-corrected chi connectivity index (χ4v) is 3.64. The number of likely N-dealkylation sites (tertiary alicyclic amines) is 1. The lowest BCUT2D eigenvalue weighted by Crippen LogP contribution is -2.45. The summed E-state index contributed by atoms with van der Waals surface area (Å²) in [5.74, 6) is 1.82. The number of piperidine rings is 1. The Morgan fingerprint density at radius 1 is 1.42 bits per heavy atom. The van der Waals surface area contributed by atoms with Crippen molar-refractivity contribution in [3.8, 4) is 0 Å². The maximum atomic E-state index is 12.6. The van der Waals surface area contributed by atoms with Gasteiger partial charge in [0.15, 0.2) is 5.82 Å². The molecule has 4 rings (SSSR count). The summed E-state index contributed by atoms with van der Waals surface area (Å²) in [6.07, 6.45) is 1.74. The van der Waals surface area contributed by atoms with Crippen molar-refractivity contribution in [2.75, 3.05) is 13.1 Å². The zero-order valence-corrected chi connectivity index (χ0v) is 14.0. The molecule has 1 N–H and O–H groups in total. The van der Waals surface area contributed by atoms with Crippen LogP contribution in [0.1, 0.15) is 41.1 Å². The summed E-state index contributed by atoms with van der Waals surface area (Å²) in [6, 6.07) is 5.09. The van der Waals surface area contributed by atoms with Gasteiger partial charge in [-0.1, -0.05) is 17.7 Å². The number of rotatable bonds is 2. The minimum atomic E-state index is -0.100. The number of fused-ring (bicyclic) bond motifs is 1. The van der Waals surface area contributed by atoms with Crippen LogP contribution in [-0.4, -0.2) is 50.2 Å². The molecule has 2 aliphatic rings. The average molecular weight is 348 g/mol. The lowest BCUT2D eigenvalue weighted by Gasteiger charge is -2.33. The molecule has 7 nitrogen and oxygen atoms in total. The number of carbonyl (C=O) groups is 1. The van der Waals surface area contributed by atoms with Crippen molar-refractivity contribution in [2.45, 2.75) is 32.0 Å². The van der Waals surface area contributed by atoms with E-state index in [9.17, 15) is 4.79 Å². The van der Waals surface area contributed by atoms with Gasteiger partial charge in [-0.25, -0.2) is 9.97 Å². The number of ether oxygens (including phenoxy) is 1. The van der Waals surface area contributed by atoms with Crippen molar-refractivity contribution in [3.05, 3.63) is 40.7 Å². The van der Waals surface area contributed by atoms with E-state index in [1.165, 1.54) is 0 Å². The van der Waals surface area contributed by atoms with Crippen molar-refractivity contribution in [2.24, 2.45) is 5.92 Å². The molecule has 126 valence electrons. The first kappa shape index (κ1) is 15.5. The zero-order chi connectivity index (χ0) is 16.7. The van der Waals surface area contributed by atoms with Gasteiger partial charge in [0.25, 0.3) is 5.91 Å². The number of pyridine rings is 1. The quantitative estimate of drug-likeness (QED) is 0.841. The predicted octanol–water partition coefficient (Wildman–Crippen LogP) is 2.15. The van der Waals surface area contributed by atoms with Gasteiger partial charge in [0.2, 0.25) is 0 Å². The highest BCUT2D eigenvalue weighted by atomic mass is 35.5. The maximum absolute atomic E-state index is 12.6. The molecule has 0 radical (unpaired) electrons. The topological polar surface area (TPSA) is 84.0 Å². The van der Waals surface area contributed by atoms with Crippen LogP contribution in [0, 0.1) is 12.8 Å². The first-order valence-electron chi connectivity index (χ1n) is 8.06. The van der Waals surface area contributed by atoms with Gasteiger partial charge in [-0.05, 0) is 37.8 Å². The Morgan fingerprint density at radius 2 is 2.29 bits per heavy atom. The van der Waals surface area contributed by atoms with Gasteiger partial charge in [0.05, 0.1) is 6.10 Å². The van der Waals surface area contributed by atoms with Crippen molar-refractivity contribution in [1.82, 2.24) is 25.1 Å². The Balaban J connectivity index is 1.45. The normalized spacial score (nSPS) is 26.4. The molecule has 2 aromatic rings. The summed E-state index contributed by atoms with van der Waals surface area (Å²) >= 11 is 5.88. The van der Waals surface area contributed by atoms with Gasteiger partial charge >= 0.3 is 0 Å². The second kappa shape index (κ2) is 6.14. The molecule has 1 amide bonds. The number of aromatic nitrogens is 4. The molecule has 0 saturated carbocycles.